The van der Waals surface area contributed by atoms with E-state index in [0.717, 1.165) is 0 Å². The van der Waals surface area contributed by atoms with Crippen molar-refractivity contribution in [2.75, 3.05) is 13.1 Å². The van der Waals surface area contributed by atoms with Crippen LogP contribution in [0, 0.1) is 17.8 Å². The fourth-order valence-corrected chi connectivity index (χ4v) is 5.43. The number of aliphatic carboxylic acids is 1. The molecule has 0 rings (SSSR count). The van der Waals surface area contributed by atoms with Crippen LogP contribution in [0.5, 0.6) is 0 Å². The molecule has 6 amide bonds. The number of nitrogens with zero attached hydrogens (tertiary/aromatic N) is 1. The summed E-state index contributed by atoms with van der Waals surface area (Å²) in [6.45, 7) is 11.5. The molecule has 16 N–H and O–H groups in total. The van der Waals surface area contributed by atoms with Gasteiger partial charge in [-0.3, -0.25) is 33.8 Å². The van der Waals surface area contributed by atoms with Gasteiger partial charge in [-0.1, -0.05) is 41.5 Å². The zero-order valence-corrected chi connectivity index (χ0v) is 32.8. The average Bonchev–Trinajstić information content (AvgIpc) is 3.05. The molecule has 0 aromatic heterocycles. The van der Waals surface area contributed by atoms with Crippen molar-refractivity contribution in [3.05, 3.63) is 0 Å². The smallest absolute Gasteiger partial charge is 0.326 e. The number of amides is 6. The first-order valence-corrected chi connectivity index (χ1v) is 18.7. The fourth-order valence-electron chi connectivity index (χ4n) is 5.43. The largest absolute Gasteiger partial charge is 0.480 e. The van der Waals surface area contributed by atoms with Gasteiger partial charge in [0.1, 0.15) is 30.2 Å². The van der Waals surface area contributed by atoms with Crippen molar-refractivity contribution in [1.29, 1.82) is 0 Å². The molecule has 0 fully saturated rings. The third-order valence-corrected chi connectivity index (χ3v) is 8.20. The maximum absolute atomic E-state index is 13.8. The molecule has 19 heteroatoms. The van der Waals surface area contributed by atoms with Crippen molar-refractivity contribution in [2.24, 2.45) is 51.4 Å². The average molecular weight is 770 g/mol. The Hall–Kier alpha value is -4.52. The topological polar surface area (TPSA) is 342 Å². The molecule has 0 aliphatic rings. The van der Waals surface area contributed by atoms with Crippen LogP contribution in [0.15, 0.2) is 4.99 Å². The number of nitrogens with one attached hydrogen (secondary N) is 5. The van der Waals surface area contributed by atoms with Crippen molar-refractivity contribution >= 4 is 47.4 Å². The van der Waals surface area contributed by atoms with Gasteiger partial charge in [0, 0.05) is 13.0 Å². The number of primary amides is 1. The minimum Gasteiger partial charge on any atom is -0.480 e. The van der Waals surface area contributed by atoms with Crippen LogP contribution in [0.4, 0.5) is 0 Å². The molecule has 54 heavy (non-hydrogen) atoms. The Labute approximate surface area is 318 Å². The molecule has 0 aliphatic carbocycles. The summed E-state index contributed by atoms with van der Waals surface area (Å²) in [6.07, 6.45) is 1.79. The zero-order valence-electron chi connectivity index (χ0n) is 32.8. The van der Waals surface area contributed by atoms with Crippen LogP contribution in [-0.2, 0) is 33.6 Å². The Morgan fingerprint density at radius 1 is 0.556 bits per heavy atom. The van der Waals surface area contributed by atoms with Crippen LogP contribution in [0.2, 0.25) is 0 Å². The van der Waals surface area contributed by atoms with Crippen molar-refractivity contribution in [3.63, 3.8) is 0 Å². The van der Waals surface area contributed by atoms with Gasteiger partial charge in [-0.15, -0.1) is 0 Å². The number of rotatable bonds is 28. The molecular weight excluding hydrogens is 702 g/mol. The van der Waals surface area contributed by atoms with Crippen LogP contribution in [0.3, 0.4) is 0 Å². The predicted octanol–water partition coefficient (Wildman–Crippen LogP) is -1.59. The summed E-state index contributed by atoms with van der Waals surface area (Å²) in [5, 5.41) is 22.7. The van der Waals surface area contributed by atoms with E-state index in [2.05, 4.69) is 31.6 Å². The van der Waals surface area contributed by atoms with Crippen LogP contribution in [0.25, 0.3) is 0 Å². The normalized spacial score (nSPS) is 14.6. The summed E-state index contributed by atoms with van der Waals surface area (Å²) in [7, 11) is 0. The minimum atomic E-state index is -1.34. The lowest BCUT2D eigenvalue weighted by molar-refractivity contribution is -0.143. The summed E-state index contributed by atoms with van der Waals surface area (Å²) in [6, 6.07) is -6.92. The molecule has 0 aliphatic heterocycles. The Morgan fingerprint density at radius 3 is 1.39 bits per heavy atom. The molecule has 0 aromatic carbocycles. The van der Waals surface area contributed by atoms with Gasteiger partial charge < -0.3 is 60.4 Å². The molecule has 0 bridgehead atoms. The molecule has 0 saturated heterocycles. The highest BCUT2D eigenvalue weighted by molar-refractivity contribution is 5.96. The van der Waals surface area contributed by atoms with Gasteiger partial charge in [-0.05, 0) is 82.1 Å². The first-order valence-electron chi connectivity index (χ1n) is 18.7. The van der Waals surface area contributed by atoms with E-state index in [-0.39, 0.29) is 75.2 Å². The van der Waals surface area contributed by atoms with E-state index in [9.17, 15) is 38.7 Å². The van der Waals surface area contributed by atoms with Crippen LogP contribution >= 0.6 is 0 Å². The number of unbranched alkanes of at least 4 members (excludes halogenated alkanes) is 1. The highest BCUT2D eigenvalue weighted by Crippen LogP contribution is 2.12. The quantitative estimate of drug-likeness (QED) is 0.0244. The standard InChI is InChI=1S/C35H67N11O8/c1-19(2)16-25(44-29(48)22(37)10-9-15-41-35(39)40)32(51)43-24(12-13-28(38)47)31(50)45-26(17-20(3)4)33(52)42-23(11-7-8-14-36)30(49)46-27(34(53)54)18-21(5)6/h19-27H,7-18,36-37H2,1-6H3,(H2,38,47)(H,42,52)(H,43,51)(H,44,48)(H,45,50)(H,46,49)(H,53,54)(H4,39,40,41)/t22-,23-,24-,25-,26-,27-/m0/s1. The van der Waals surface area contributed by atoms with Crippen molar-refractivity contribution in [2.45, 2.75) is 142 Å². The summed E-state index contributed by atoms with van der Waals surface area (Å²) < 4.78 is 0. The monoisotopic (exact) mass is 770 g/mol. The van der Waals surface area contributed by atoms with E-state index in [1.54, 1.807) is 0 Å². The number of carbonyl (C=O) groups is 7. The lowest BCUT2D eigenvalue weighted by atomic mass is 9.99. The number of carbonyl (C=O) groups excluding carboxylic acids is 6. The van der Waals surface area contributed by atoms with Gasteiger partial charge in [0.25, 0.3) is 0 Å². The van der Waals surface area contributed by atoms with E-state index in [1.807, 2.05) is 41.5 Å². The van der Waals surface area contributed by atoms with Crippen molar-refractivity contribution in [1.82, 2.24) is 26.6 Å². The van der Waals surface area contributed by atoms with Crippen molar-refractivity contribution < 1.29 is 38.7 Å². The molecular formula is C35H67N11O8. The minimum absolute atomic E-state index is 0.0345. The number of guanidine groups is 1. The first kappa shape index (κ1) is 49.5. The number of hydrogen-bond acceptors (Lipinski definition) is 10. The van der Waals surface area contributed by atoms with Gasteiger partial charge >= 0.3 is 5.97 Å². The Kier molecular flexibility index (Phi) is 24.1. The number of hydrogen-bond donors (Lipinski definition) is 11. The molecule has 0 aromatic rings. The summed E-state index contributed by atoms with van der Waals surface area (Å²) in [5.41, 5.74) is 27.7. The maximum Gasteiger partial charge on any atom is 0.326 e. The molecule has 0 spiro atoms. The van der Waals surface area contributed by atoms with Gasteiger partial charge in [-0.2, -0.15) is 0 Å². The van der Waals surface area contributed by atoms with E-state index in [4.69, 9.17) is 28.7 Å². The third kappa shape index (κ3) is 21.9. The van der Waals surface area contributed by atoms with Crippen molar-refractivity contribution in [3.8, 4) is 0 Å². The summed E-state index contributed by atoms with van der Waals surface area (Å²) >= 11 is 0. The van der Waals surface area contributed by atoms with E-state index >= 15 is 0 Å². The van der Waals surface area contributed by atoms with Gasteiger partial charge in [0.2, 0.25) is 35.4 Å². The summed E-state index contributed by atoms with van der Waals surface area (Å²) in [5.74, 6) is -5.79. The van der Waals surface area contributed by atoms with E-state index in [0.29, 0.717) is 25.8 Å². The number of carboxylic acid groups (broad SMARTS) is 1. The second-order valence-corrected chi connectivity index (χ2v) is 14.9. The van der Waals surface area contributed by atoms with Crippen LogP contribution < -0.4 is 55.3 Å². The van der Waals surface area contributed by atoms with E-state index < -0.39 is 77.7 Å². The highest BCUT2D eigenvalue weighted by atomic mass is 16.4. The van der Waals surface area contributed by atoms with E-state index in [1.165, 1.54) is 0 Å². The third-order valence-electron chi connectivity index (χ3n) is 8.20. The Morgan fingerprint density at radius 2 is 0.963 bits per heavy atom. The van der Waals surface area contributed by atoms with Crippen LogP contribution in [-0.4, -0.2) is 102 Å². The maximum atomic E-state index is 13.8. The molecule has 0 heterocycles. The molecule has 0 radical (unpaired) electrons. The van der Waals surface area contributed by atoms with Gasteiger partial charge in [0.15, 0.2) is 5.96 Å². The van der Waals surface area contributed by atoms with Gasteiger partial charge in [-0.25, -0.2) is 4.79 Å². The second kappa shape index (κ2) is 26.3. The zero-order chi connectivity index (χ0) is 41.5. The highest BCUT2D eigenvalue weighted by Gasteiger charge is 2.33. The number of aliphatic imine (C=N–C) groups is 1. The Balaban J connectivity index is 6.19. The number of nitrogens with two attached hydrogens (primary N) is 5. The predicted molar refractivity (Wildman–Crippen MR) is 205 cm³/mol. The fraction of sp³-hybridized carbons (Fsp3) is 0.771. The number of carboxylic acids is 1. The SMILES string of the molecule is CC(C)C[C@H](NC(=O)[C@H](CCCCN)NC(=O)[C@H](CC(C)C)NC(=O)[C@H](CCC(N)=O)NC(=O)[C@H](CC(C)C)NC(=O)[C@@H](N)CCCN=C(N)N)C(=O)O. The molecule has 310 valence electrons. The molecule has 0 saturated carbocycles. The van der Waals surface area contributed by atoms with Gasteiger partial charge in [0.05, 0.1) is 6.04 Å². The second-order valence-electron chi connectivity index (χ2n) is 14.9. The molecule has 6 atom stereocenters. The Bertz CT molecular complexity index is 1260. The summed E-state index contributed by atoms with van der Waals surface area (Å²) in [4.78, 5) is 94.8. The lowest BCUT2D eigenvalue weighted by Gasteiger charge is -2.28. The first-order chi connectivity index (χ1) is 25.2. The molecule has 0 unspecified atom stereocenters. The molecule has 19 nitrogen and oxygen atoms in total. The van der Waals surface area contributed by atoms with Crippen LogP contribution in [0.1, 0.15) is 106 Å². The lowest BCUT2D eigenvalue weighted by Crippen LogP contribution is -2.59.